The molecule has 1 amide bonds. The number of hydrogen-bond acceptors (Lipinski definition) is 3. The molecular formula is C22H25F2NO3. The molecule has 1 saturated heterocycles. The van der Waals surface area contributed by atoms with E-state index in [1.807, 2.05) is 17.0 Å². The number of methoxy groups -OCH3 is 1. The highest BCUT2D eigenvalue weighted by atomic mass is 19.3. The third-order valence-electron chi connectivity index (χ3n) is 5.23. The average molecular weight is 389 g/mol. The molecule has 28 heavy (non-hydrogen) atoms. The number of amides is 1. The lowest BCUT2D eigenvalue weighted by molar-refractivity contribution is -0.0498. The molecule has 1 aliphatic heterocycles. The topological polar surface area (TPSA) is 38.8 Å². The number of ether oxygens (including phenoxy) is 2. The van der Waals surface area contributed by atoms with Gasteiger partial charge < -0.3 is 14.4 Å². The van der Waals surface area contributed by atoms with Crippen molar-refractivity contribution in [2.24, 2.45) is 5.92 Å². The molecule has 2 aromatic rings. The van der Waals surface area contributed by atoms with E-state index in [-0.39, 0.29) is 11.7 Å². The van der Waals surface area contributed by atoms with Crippen LogP contribution in [0.3, 0.4) is 0 Å². The summed E-state index contributed by atoms with van der Waals surface area (Å²) in [5, 5.41) is 0. The van der Waals surface area contributed by atoms with Crippen LogP contribution in [-0.2, 0) is 6.42 Å². The molecule has 150 valence electrons. The zero-order chi connectivity index (χ0) is 19.9. The highest BCUT2D eigenvalue weighted by Crippen LogP contribution is 2.25. The SMILES string of the molecule is COc1ccc(CCC2CCN(C(=O)c3ccc(OC(F)F)cc3)CC2)cc1. The highest BCUT2D eigenvalue weighted by Gasteiger charge is 2.23. The molecule has 0 atom stereocenters. The van der Waals surface area contributed by atoms with Gasteiger partial charge in [0.15, 0.2) is 0 Å². The Kier molecular flexibility index (Phi) is 6.85. The molecule has 1 fully saturated rings. The fourth-order valence-electron chi connectivity index (χ4n) is 3.55. The lowest BCUT2D eigenvalue weighted by atomic mass is 9.90. The number of alkyl halides is 2. The summed E-state index contributed by atoms with van der Waals surface area (Å²) < 4.78 is 33.9. The molecule has 2 aromatic carbocycles. The maximum Gasteiger partial charge on any atom is 0.387 e. The Morgan fingerprint density at radius 1 is 1.04 bits per heavy atom. The fraction of sp³-hybridized carbons (Fsp3) is 0.409. The minimum Gasteiger partial charge on any atom is -0.497 e. The third-order valence-corrected chi connectivity index (χ3v) is 5.23. The van der Waals surface area contributed by atoms with Gasteiger partial charge in [-0.2, -0.15) is 8.78 Å². The predicted octanol–water partition coefficient (Wildman–Crippen LogP) is 4.78. The van der Waals surface area contributed by atoms with Crippen molar-refractivity contribution >= 4 is 5.91 Å². The van der Waals surface area contributed by atoms with Crippen LogP contribution in [0.1, 0.15) is 35.2 Å². The summed E-state index contributed by atoms with van der Waals surface area (Å²) in [6.45, 7) is -1.42. The molecule has 1 aliphatic rings. The number of hydrogen-bond donors (Lipinski definition) is 0. The second-order valence-corrected chi connectivity index (χ2v) is 7.03. The quantitative estimate of drug-likeness (QED) is 0.684. The van der Waals surface area contributed by atoms with Crippen molar-refractivity contribution in [1.29, 1.82) is 0 Å². The molecule has 0 spiro atoms. The molecule has 1 heterocycles. The van der Waals surface area contributed by atoms with Crippen molar-refractivity contribution in [3.05, 3.63) is 59.7 Å². The Bertz CT molecular complexity index is 754. The van der Waals surface area contributed by atoms with E-state index in [2.05, 4.69) is 16.9 Å². The van der Waals surface area contributed by atoms with Crippen LogP contribution in [-0.4, -0.2) is 37.6 Å². The first kappa shape index (κ1) is 20.1. The normalized spacial score (nSPS) is 14.9. The van der Waals surface area contributed by atoms with E-state index in [4.69, 9.17) is 4.74 Å². The molecule has 0 unspecified atom stereocenters. The smallest absolute Gasteiger partial charge is 0.387 e. The van der Waals surface area contributed by atoms with Gasteiger partial charge in [0, 0.05) is 18.7 Å². The Hall–Kier alpha value is -2.63. The van der Waals surface area contributed by atoms with Crippen LogP contribution in [0.2, 0.25) is 0 Å². The Labute approximate surface area is 164 Å². The largest absolute Gasteiger partial charge is 0.497 e. The van der Waals surface area contributed by atoms with E-state index in [0.717, 1.165) is 44.5 Å². The molecule has 0 aliphatic carbocycles. The molecule has 0 aromatic heterocycles. The third kappa shape index (κ3) is 5.44. The molecular weight excluding hydrogens is 364 g/mol. The number of benzene rings is 2. The van der Waals surface area contributed by atoms with Crippen LogP contribution < -0.4 is 9.47 Å². The number of piperidine rings is 1. The van der Waals surface area contributed by atoms with Crippen molar-refractivity contribution in [3.63, 3.8) is 0 Å². The lowest BCUT2D eigenvalue weighted by Gasteiger charge is -2.32. The molecule has 4 nitrogen and oxygen atoms in total. The van der Waals surface area contributed by atoms with Crippen LogP contribution in [0.15, 0.2) is 48.5 Å². The number of rotatable bonds is 7. The summed E-state index contributed by atoms with van der Waals surface area (Å²) >= 11 is 0. The van der Waals surface area contributed by atoms with Gasteiger partial charge >= 0.3 is 6.61 Å². The monoisotopic (exact) mass is 389 g/mol. The Balaban J connectivity index is 1.45. The molecule has 0 N–H and O–H groups in total. The fourth-order valence-corrected chi connectivity index (χ4v) is 3.55. The van der Waals surface area contributed by atoms with Gasteiger partial charge in [-0.25, -0.2) is 0 Å². The Morgan fingerprint density at radius 2 is 1.64 bits per heavy atom. The van der Waals surface area contributed by atoms with Gasteiger partial charge in [0.05, 0.1) is 7.11 Å². The minimum atomic E-state index is -2.86. The van der Waals surface area contributed by atoms with E-state index in [1.165, 1.54) is 29.8 Å². The molecule has 0 saturated carbocycles. The molecule has 6 heteroatoms. The number of carbonyl (C=O) groups excluding carboxylic acids is 1. The van der Waals surface area contributed by atoms with Gasteiger partial charge in [-0.1, -0.05) is 12.1 Å². The van der Waals surface area contributed by atoms with E-state index < -0.39 is 6.61 Å². The van der Waals surface area contributed by atoms with E-state index in [9.17, 15) is 13.6 Å². The molecule has 3 rings (SSSR count). The highest BCUT2D eigenvalue weighted by molar-refractivity contribution is 5.94. The van der Waals surface area contributed by atoms with Crippen LogP contribution in [0, 0.1) is 5.92 Å². The summed E-state index contributed by atoms with van der Waals surface area (Å²) in [7, 11) is 1.66. The first-order valence-electron chi connectivity index (χ1n) is 9.52. The summed E-state index contributed by atoms with van der Waals surface area (Å²) in [5.74, 6) is 1.47. The van der Waals surface area contributed by atoms with Gasteiger partial charge in [-0.05, 0) is 73.6 Å². The second-order valence-electron chi connectivity index (χ2n) is 7.03. The molecule has 0 bridgehead atoms. The molecule has 0 radical (unpaired) electrons. The van der Waals surface area contributed by atoms with Crippen molar-refractivity contribution in [1.82, 2.24) is 4.90 Å². The number of halogens is 2. The lowest BCUT2D eigenvalue weighted by Crippen LogP contribution is -2.38. The van der Waals surface area contributed by atoms with Crippen LogP contribution in [0.5, 0.6) is 11.5 Å². The zero-order valence-corrected chi connectivity index (χ0v) is 15.9. The van der Waals surface area contributed by atoms with E-state index in [1.54, 1.807) is 7.11 Å². The van der Waals surface area contributed by atoms with Crippen molar-refractivity contribution in [2.75, 3.05) is 20.2 Å². The average Bonchev–Trinajstić information content (AvgIpc) is 2.72. The summed E-state index contributed by atoms with van der Waals surface area (Å²) in [5.41, 5.74) is 1.80. The van der Waals surface area contributed by atoms with Crippen LogP contribution >= 0.6 is 0 Å². The Morgan fingerprint density at radius 3 is 2.21 bits per heavy atom. The summed E-state index contributed by atoms with van der Waals surface area (Å²) in [6, 6.07) is 14.0. The van der Waals surface area contributed by atoms with Gasteiger partial charge in [-0.3, -0.25) is 4.79 Å². The first-order chi connectivity index (χ1) is 13.5. The van der Waals surface area contributed by atoms with Crippen LogP contribution in [0.4, 0.5) is 8.78 Å². The summed E-state index contributed by atoms with van der Waals surface area (Å²) in [6.07, 6.45) is 4.09. The van der Waals surface area contributed by atoms with Gasteiger partial charge in [-0.15, -0.1) is 0 Å². The second kappa shape index (κ2) is 9.53. The standard InChI is InChI=1S/C22H25F2NO3/c1-27-19-8-4-16(5-9-19)2-3-17-12-14-25(15-13-17)21(26)18-6-10-20(11-7-18)28-22(23)24/h4-11,17,22H,2-3,12-15H2,1H3. The van der Waals surface area contributed by atoms with E-state index in [0.29, 0.717) is 11.5 Å². The van der Waals surface area contributed by atoms with Crippen molar-refractivity contribution in [2.45, 2.75) is 32.3 Å². The zero-order valence-electron chi connectivity index (χ0n) is 15.9. The van der Waals surface area contributed by atoms with Gasteiger partial charge in [0.25, 0.3) is 5.91 Å². The first-order valence-corrected chi connectivity index (χ1v) is 9.52. The van der Waals surface area contributed by atoms with E-state index >= 15 is 0 Å². The summed E-state index contributed by atoms with van der Waals surface area (Å²) in [4.78, 5) is 14.4. The van der Waals surface area contributed by atoms with Crippen LogP contribution in [0.25, 0.3) is 0 Å². The predicted molar refractivity (Wildman–Crippen MR) is 103 cm³/mol. The van der Waals surface area contributed by atoms with Crippen molar-refractivity contribution in [3.8, 4) is 11.5 Å². The number of aryl methyl sites for hydroxylation is 1. The van der Waals surface area contributed by atoms with Crippen molar-refractivity contribution < 1.29 is 23.0 Å². The maximum absolute atomic E-state index is 12.6. The van der Waals surface area contributed by atoms with Gasteiger partial charge in [0.2, 0.25) is 0 Å². The number of likely N-dealkylation sites (tertiary alicyclic amines) is 1. The number of nitrogens with zero attached hydrogens (tertiary/aromatic N) is 1. The minimum absolute atomic E-state index is 0.0581. The number of carbonyl (C=O) groups is 1. The van der Waals surface area contributed by atoms with Gasteiger partial charge in [0.1, 0.15) is 11.5 Å². The maximum atomic E-state index is 12.6.